The van der Waals surface area contributed by atoms with Crippen LogP contribution < -0.4 is 4.72 Å². The molecule has 0 unspecified atom stereocenters. The summed E-state index contributed by atoms with van der Waals surface area (Å²) in [5.41, 5.74) is 2.52. The predicted octanol–water partition coefficient (Wildman–Crippen LogP) is 2.90. The predicted molar refractivity (Wildman–Crippen MR) is 104 cm³/mol. The van der Waals surface area contributed by atoms with Gasteiger partial charge in [-0.15, -0.1) is 0 Å². The van der Waals surface area contributed by atoms with Crippen LogP contribution in [0.3, 0.4) is 0 Å². The Hall–Kier alpha value is -3.46. The van der Waals surface area contributed by atoms with E-state index in [0.717, 1.165) is 12.5 Å². The molecule has 0 aliphatic carbocycles. The highest BCUT2D eigenvalue weighted by Crippen LogP contribution is 2.35. The standard InChI is InChI=1S/C20H18N2O6S/c1-13(23)22-29(25,26)17-10-8-15(9-11-17)19-18(12-27-14(2)24)28-21-20(19)16-6-4-3-5-7-16/h3-11H,12H2,1-2H3,(H,22,23). The van der Waals surface area contributed by atoms with Gasteiger partial charge in [0.2, 0.25) is 5.91 Å². The summed E-state index contributed by atoms with van der Waals surface area (Å²) in [5.74, 6) is -0.815. The highest BCUT2D eigenvalue weighted by atomic mass is 32.2. The average molecular weight is 414 g/mol. The van der Waals surface area contributed by atoms with Gasteiger partial charge in [0, 0.05) is 19.4 Å². The van der Waals surface area contributed by atoms with Crippen LogP contribution in [0.4, 0.5) is 0 Å². The molecule has 1 heterocycles. The molecular formula is C20H18N2O6S. The third-order valence-electron chi connectivity index (χ3n) is 3.95. The van der Waals surface area contributed by atoms with Crippen molar-refractivity contribution in [3.8, 4) is 22.4 Å². The lowest BCUT2D eigenvalue weighted by Gasteiger charge is -2.08. The highest BCUT2D eigenvalue weighted by molar-refractivity contribution is 7.90. The zero-order valence-corrected chi connectivity index (χ0v) is 16.5. The van der Waals surface area contributed by atoms with Gasteiger partial charge in [-0.1, -0.05) is 47.6 Å². The van der Waals surface area contributed by atoms with E-state index in [9.17, 15) is 18.0 Å². The molecule has 0 saturated heterocycles. The van der Waals surface area contributed by atoms with Gasteiger partial charge in [-0.05, 0) is 17.7 Å². The zero-order valence-electron chi connectivity index (χ0n) is 15.7. The molecule has 8 nitrogen and oxygen atoms in total. The SMILES string of the molecule is CC(=O)NS(=O)(=O)c1ccc(-c2c(-c3ccccc3)noc2COC(C)=O)cc1. The normalized spacial score (nSPS) is 11.1. The minimum atomic E-state index is -3.95. The first-order valence-electron chi connectivity index (χ1n) is 8.59. The zero-order chi connectivity index (χ0) is 21.0. The largest absolute Gasteiger partial charge is 0.458 e. The molecule has 150 valence electrons. The lowest BCUT2D eigenvalue weighted by molar-refractivity contribution is -0.142. The summed E-state index contributed by atoms with van der Waals surface area (Å²) in [6, 6.07) is 15.2. The summed E-state index contributed by atoms with van der Waals surface area (Å²) in [4.78, 5) is 22.2. The van der Waals surface area contributed by atoms with Crippen molar-refractivity contribution in [3.05, 3.63) is 60.4 Å². The van der Waals surface area contributed by atoms with E-state index in [2.05, 4.69) is 5.16 Å². The lowest BCUT2D eigenvalue weighted by Crippen LogP contribution is -2.28. The van der Waals surface area contributed by atoms with Crippen molar-refractivity contribution in [3.63, 3.8) is 0 Å². The van der Waals surface area contributed by atoms with E-state index in [1.807, 2.05) is 35.1 Å². The van der Waals surface area contributed by atoms with Crippen molar-refractivity contribution in [2.45, 2.75) is 25.3 Å². The number of hydrogen-bond acceptors (Lipinski definition) is 7. The first-order chi connectivity index (χ1) is 13.8. The van der Waals surface area contributed by atoms with Gasteiger partial charge in [-0.2, -0.15) is 0 Å². The molecule has 0 atom stereocenters. The first kappa shape index (κ1) is 20.3. The third kappa shape index (κ3) is 4.69. The van der Waals surface area contributed by atoms with Gasteiger partial charge >= 0.3 is 5.97 Å². The lowest BCUT2D eigenvalue weighted by atomic mass is 9.99. The molecule has 0 radical (unpaired) electrons. The monoisotopic (exact) mass is 414 g/mol. The molecule has 1 N–H and O–H groups in total. The van der Waals surface area contributed by atoms with E-state index in [0.29, 0.717) is 22.6 Å². The van der Waals surface area contributed by atoms with Crippen molar-refractivity contribution < 1.29 is 27.3 Å². The molecule has 0 bridgehead atoms. The molecule has 0 fully saturated rings. The fraction of sp³-hybridized carbons (Fsp3) is 0.150. The summed E-state index contributed by atoms with van der Waals surface area (Å²) < 4.78 is 36.7. The van der Waals surface area contributed by atoms with E-state index in [1.54, 1.807) is 12.1 Å². The number of carbonyl (C=O) groups excluding carboxylic acids is 2. The maximum Gasteiger partial charge on any atom is 0.303 e. The minimum Gasteiger partial charge on any atom is -0.458 e. The third-order valence-corrected chi connectivity index (χ3v) is 5.40. The molecule has 3 aromatic rings. The fourth-order valence-corrected chi connectivity index (χ4v) is 3.72. The average Bonchev–Trinajstić information content (AvgIpc) is 3.10. The van der Waals surface area contributed by atoms with Gasteiger partial charge < -0.3 is 9.26 Å². The Morgan fingerprint density at radius 2 is 1.66 bits per heavy atom. The second-order valence-electron chi connectivity index (χ2n) is 6.16. The molecule has 1 amide bonds. The topological polar surface area (TPSA) is 116 Å². The number of ether oxygens (including phenoxy) is 1. The summed E-state index contributed by atoms with van der Waals surface area (Å²) in [6.07, 6.45) is 0. The molecule has 0 aliphatic rings. The summed E-state index contributed by atoms with van der Waals surface area (Å²) >= 11 is 0. The molecule has 29 heavy (non-hydrogen) atoms. The van der Waals surface area contributed by atoms with Crippen LogP contribution in [0.25, 0.3) is 22.4 Å². The van der Waals surface area contributed by atoms with Crippen LogP contribution in [-0.4, -0.2) is 25.5 Å². The summed E-state index contributed by atoms with van der Waals surface area (Å²) in [5, 5.41) is 4.11. The minimum absolute atomic E-state index is 0.0595. The van der Waals surface area contributed by atoms with Gasteiger partial charge in [0.25, 0.3) is 10.0 Å². The van der Waals surface area contributed by atoms with Crippen molar-refractivity contribution in [1.82, 2.24) is 9.88 Å². The number of nitrogens with zero attached hydrogens (tertiary/aromatic N) is 1. The number of nitrogens with one attached hydrogen (secondary N) is 1. The number of hydrogen-bond donors (Lipinski definition) is 1. The fourth-order valence-electron chi connectivity index (χ4n) is 2.73. The van der Waals surface area contributed by atoms with Crippen LogP contribution in [0, 0.1) is 0 Å². The number of carbonyl (C=O) groups is 2. The van der Waals surface area contributed by atoms with Crippen LogP contribution in [-0.2, 0) is 31.0 Å². The first-order valence-corrected chi connectivity index (χ1v) is 10.1. The Kier molecular flexibility index (Phi) is 5.79. The Balaban J connectivity index is 2.05. The number of amides is 1. The number of sulfonamides is 1. The van der Waals surface area contributed by atoms with Crippen molar-refractivity contribution in [1.29, 1.82) is 0 Å². The van der Waals surface area contributed by atoms with Crippen molar-refractivity contribution in [2.24, 2.45) is 0 Å². The Morgan fingerprint density at radius 3 is 2.24 bits per heavy atom. The van der Waals surface area contributed by atoms with Crippen LogP contribution in [0.2, 0.25) is 0 Å². The van der Waals surface area contributed by atoms with Crippen LogP contribution in [0.5, 0.6) is 0 Å². The summed E-state index contributed by atoms with van der Waals surface area (Å²) in [6.45, 7) is 2.29. The maximum atomic E-state index is 12.2. The quantitative estimate of drug-likeness (QED) is 0.617. The van der Waals surface area contributed by atoms with Crippen LogP contribution in [0.15, 0.2) is 64.0 Å². The second-order valence-corrected chi connectivity index (χ2v) is 7.84. The van der Waals surface area contributed by atoms with Gasteiger partial charge in [-0.25, -0.2) is 13.1 Å². The van der Waals surface area contributed by atoms with Crippen LogP contribution >= 0.6 is 0 Å². The number of rotatable bonds is 6. The van der Waals surface area contributed by atoms with E-state index in [1.165, 1.54) is 19.1 Å². The van der Waals surface area contributed by atoms with Gasteiger partial charge in [0.05, 0.1) is 10.5 Å². The Labute approximate surface area is 167 Å². The number of aromatic nitrogens is 1. The highest BCUT2D eigenvalue weighted by Gasteiger charge is 2.21. The van der Waals surface area contributed by atoms with Gasteiger partial charge in [0.1, 0.15) is 5.69 Å². The Morgan fingerprint density at radius 1 is 1.00 bits per heavy atom. The second kappa shape index (κ2) is 8.27. The molecular weight excluding hydrogens is 396 g/mol. The van der Waals surface area contributed by atoms with E-state index in [4.69, 9.17) is 9.26 Å². The molecule has 2 aromatic carbocycles. The molecule has 0 spiro atoms. The van der Waals surface area contributed by atoms with Crippen molar-refractivity contribution in [2.75, 3.05) is 0 Å². The molecule has 0 aliphatic heterocycles. The van der Waals surface area contributed by atoms with Crippen LogP contribution in [0.1, 0.15) is 19.6 Å². The molecule has 1 aromatic heterocycles. The van der Waals surface area contributed by atoms with E-state index in [-0.39, 0.29) is 11.5 Å². The summed E-state index contributed by atoms with van der Waals surface area (Å²) in [7, 11) is -3.95. The molecule has 0 saturated carbocycles. The van der Waals surface area contributed by atoms with Gasteiger partial charge in [-0.3, -0.25) is 9.59 Å². The number of benzene rings is 2. The maximum absolute atomic E-state index is 12.2. The molecule has 3 rings (SSSR count). The smallest absolute Gasteiger partial charge is 0.303 e. The van der Waals surface area contributed by atoms with E-state index < -0.39 is 21.9 Å². The Bertz CT molecular complexity index is 1140. The van der Waals surface area contributed by atoms with E-state index >= 15 is 0 Å². The number of esters is 1. The van der Waals surface area contributed by atoms with Crippen molar-refractivity contribution >= 4 is 21.9 Å². The van der Waals surface area contributed by atoms with Gasteiger partial charge in [0.15, 0.2) is 12.4 Å². The molecule has 9 heteroatoms.